The lowest BCUT2D eigenvalue weighted by Gasteiger charge is -2.10. The van der Waals surface area contributed by atoms with Crippen molar-refractivity contribution in [3.05, 3.63) is 59.8 Å². The maximum absolute atomic E-state index is 12.2. The second kappa shape index (κ2) is 6.52. The minimum Gasteiger partial charge on any atom is -0.496 e. The van der Waals surface area contributed by atoms with E-state index in [-0.39, 0.29) is 12.5 Å². The molecule has 0 aliphatic carbocycles. The molecule has 5 nitrogen and oxygen atoms in total. The second-order valence-corrected chi connectivity index (χ2v) is 5.35. The fraction of sp³-hybridized carbons (Fsp3) is 0.222. The van der Waals surface area contributed by atoms with E-state index in [1.54, 1.807) is 11.8 Å². The number of hydrogen-bond donors (Lipinski definition) is 1. The molecular formula is C18H19N3O2. The van der Waals surface area contributed by atoms with Crippen molar-refractivity contribution in [3.8, 4) is 5.75 Å². The van der Waals surface area contributed by atoms with E-state index in [1.807, 2.05) is 55.5 Å². The Morgan fingerprint density at radius 2 is 1.91 bits per heavy atom. The number of benzene rings is 2. The van der Waals surface area contributed by atoms with Crippen molar-refractivity contribution >= 4 is 16.8 Å². The van der Waals surface area contributed by atoms with Crippen molar-refractivity contribution in [2.75, 3.05) is 7.11 Å². The Hall–Kier alpha value is -2.82. The summed E-state index contributed by atoms with van der Waals surface area (Å²) in [7, 11) is 1.62. The largest absolute Gasteiger partial charge is 0.496 e. The lowest BCUT2D eigenvalue weighted by Crippen LogP contribution is -2.27. The zero-order valence-corrected chi connectivity index (χ0v) is 13.2. The Kier molecular flexibility index (Phi) is 4.28. The number of aromatic nitrogens is 2. The van der Waals surface area contributed by atoms with Gasteiger partial charge in [0.2, 0.25) is 5.91 Å². The van der Waals surface area contributed by atoms with Gasteiger partial charge in [0.15, 0.2) is 0 Å². The number of aryl methyl sites for hydroxylation is 1. The van der Waals surface area contributed by atoms with Crippen molar-refractivity contribution in [3.63, 3.8) is 0 Å². The molecule has 5 heteroatoms. The van der Waals surface area contributed by atoms with Gasteiger partial charge in [0.25, 0.3) is 0 Å². The van der Waals surface area contributed by atoms with Gasteiger partial charge >= 0.3 is 0 Å². The first-order valence-corrected chi connectivity index (χ1v) is 7.50. The topological polar surface area (TPSA) is 56.1 Å². The van der Waals surface area contributed by atoms with Crippen LogP contribution in [0, 0.1) is 6.92 Å². The van der Waals surface area contributed by atoms with E-state index in [2.05, 4.69) is 10.4 Å². The number of para-hydroxylation sites is 2. The van der Waals surface area contributed by atoms with Gasteiger partial charge in [-0.05, 0) is 19.1 Å². The van der Waals surface area contributed by atoms with Gasteiger partial charge in [0.1, 0.15) is 12.3 Å². The normalized spacial score (nSPS) is 10.7. The molecule has 0 atom stereocenters. The highest BCUT2D eigenvalue weighted by Gasteiger charge is 2.10. The van der Waals surface area contributed by atoms with Crippen LogP contribution in [0.3, 0.4) is 0 Å². The smallest absolute Gasteiger partial charge is 0.242 e. The Bertz CT molecular complexity index is 839. The Morgan fingerprint density at radius 3 is 2.74 bits per heavy atom. The van der Waals surface area contributed by atoms with Crippen LogP contribution in [0.4, 0.5) is 0 Å². The fourth-order valence-corrected chi connectivity index (χ4v) is 2.65. The zero-order valence-electron chi connectivity index (χ0n) is 13.2. The molecule has 23 heavy (non-hydrogen) atoms. The number of rotatable bonds is 5. The standard InChI is InChI=1S/C18H19N3O2/c1-13-15-8-4-5-9-16(15)21(20-13)12-18(22)19-11-14-7-3-6-10-17(14)23-2/h3-10H,11-12H2,1-2H3,(H,19,22). The summed E-state index contributed by atoms with van der Waals surface area (Å²) >= 11 is 0. The van der Waals surface area contributed by atoms with E-state index in [1.165, 1.54) is 0 Å². The summed E-state index contributed by atoms with van der Waals surface area (Å²) < 4.78 is 7.03. The summed E-state index contributed by atoms with van der Waals surface area (Å²) in [5, 5.41) is 8.44. The Morgan fingerprint density at radius 1 is 1.17 bits per heavy atom. The van der Waals surface area contributed by atoms with E-state index < -0.39 is 0 Å². The van der Waals surface area contributed by atoms with Crippen LogP contribution in [-0.4, -0.2) is 22.8 Å². The average Bonchev–Trinajstić information content (AvgIpc) is 2.89. The lowest BCUT2D eigenvalue weighted by atomic mass is 10.2. The first-order chi connectivity index (χ1) is 11.2. The minimum atomic E-state index is -0.0795. The molecule has 0 fully saturated rings. The van der Waals surface area contributed by atoms with Crippen molar-refractivity contribution in [2.45, 2.75) is 20.0 Å². The molecule has 0 radical (unpaired) electrons. The highest BCUT2D eigenvalue weighted by Crippen LogP contribution is 2.18. The van der Waals surface area contributed by atoms with E-state index in [0.717, 1.165) is 27.9 Å². The monoisotopic (exact) mass is 309 g/mol. The van der Waals surface area contributed by atoms with Crippen LogP contribution in [0.25, 0.3) is 10.9 Å². The Labute approximate surface area is 134 Å². The Balaban J connectivity index is 1.69. The van der Waals surface area contributed by atoms with Crippen LogP contribution in [0.15, 0.2) is 48.5 Å². The average molecular weight is 309 g/mol. The molecule has 3 aromatic rings. The van der Waals surface area contributed by atoms with Gasteiger partial charge in [-0.3, -0.25) is 9.48 Å². The van der Waals surface area contributed by atoms with Crippen molar-refractivity contribution in [2.24, 2.45) is 0 Å². The molecule has 1 heterocycles. The second-order valence-electron chi connectivity index (χ2n) is 5.35. The van der Waals surface area contributed by atoms with Gasteiger partial charge < -0.3 is 10.1 Å². The summed E-state index contributed by atoms with van der Waals surface area (Å²) in [5.41, 5.74) is 2.85. The molecule has 118 valence electrons. The lowest BCUT2D eigenvalue weighted by molar-refractivity contribution is -0.121. The first-order valence-electron chi connectivity index (χ1n) is 7.50. The van der Waals surface area contributed by atoms with Crippen LogP contribution < -0.4 is 10.1 Å². The molecule has 0 bridgehead atoms. The van der Waals surface area contributed by atoms with E-state index in [4.69, 9.17) is 4.74 Å². The fourth-order valence-electron chi connectivity index (χ4n) is 2.65. The summed E-state index contributed by atoms with van der Waals surface area (Å²) in [6.45, 7) is 2.58. The highest BCUT2D eigenvalue weighted by molar-refractivity contribution is 5.84. The number of ether oxygens (including phenoxy) is 1. The predicted molar refractivity (Wildman–Crippen MR) is 89.3 cm³/mol. The molecule has 1 aromatic heterocycles. The molecule has 0 unspecified atom stereocenters. The first kappa shape index (κ1) is 15.1. The third-order valence-electron chi connectivity index (χ3n) is 3.80. The number of hydrogen-bond acceptors (Lipinski definition) is 3. The van der Waals surface area contributed by atoms with Crippen molar-refractivity contribution < 1.29 is 9.53 Å². The zero-order chi connectivity index (χ0) is 16.2. The SMILES string of the molecule is COc1ccccc1CNC(=O)Cn1nc(C)c2ccccc21. The summed E-state index contributed by atoms with van der Waals surface area (Å²) in [6, 6.07) is 15.6. The van der Waals surface area contributed by atoms with Crippen LogP contribution in [0.5, 0.6) is 5.75 Å². The van der Waals surface area contributed by atoms with Gasteiger partial charge in [0.05, 0.1) is 18.3 Å². The van der Waals surface area contributed by atoms with Crippen LogP contribution in [0.1, 0.15) is 11.3 Å². The minimum absolute atomic E-state index is 0.0795. The van der Waals surface area contributed by atoms with Crippen molar-refractivity contribution in [1.29, 1.82) is 0 Å². The summed E-state index contributed by atoms with van der Waals surface area (Å²) in [6.07, 6.45) is 0. The molecule has 3 rings (SSSR count). The number of methoxy groups -OCH3 is 1. The number of fused-ring (bicyclic) bond motifs is 1. The van der Waals surface area contributed by atoms with Gasteiger partial charge in [-0.2, -0.15) is 5.10 Å². The van der Waals surface area contributed by atoms with Crippen molar-refractivity contribution in [1.82, 2.24) is 15.1 Å². The van der Waals surface area contributed by atoms with E-state index in [0.29, 0.717) is 6.54 Å². The number of carbonyl (C=O) groups excluding carboxylic acids is 1. The van der Waals surface area contributed by atoms with Gasteiger partial charge in [-0.15, -0.1) is 0 Å². The molecule has 0 saturated heterocycles. The molecule has 1 amide bonds. The molecule has 0 aliphatic heterocycles. The van der Waals surface area contributed by atoms with E-state index >= 15 is 0 Å². The van der Waals surface area contributed by atoms with Crippen LogP contribution in [0.2, 0.25) is 0 Å². The number of nitrogens with zero attached hydrogens (tertiary/aromatic N) is 2. The van der Waals surface area contributed by atoms with E-state index in [9.17, 15) is 4.79 Å². The molecule has 0 spiro atoms. The number of nitrogens with one attached hydrogen (secondary N) is 1. The molecule has 0 saturated carbocycles. The highest BCUT2D eigenvalue weighted by atomic mass is 16.5. The molecule has 2 aromatic carbocycles. The summed E-state index contributed by atoms with van der Waals surface area (Å²) in [4.78, 5) is 12.2. The maximum atomic E-state index is 12.2. The quantitative estimate of drug-likeness (QED) is 0.788. The van der Waals surface area contributed by atoms with Crippen LogP contribution in [-0.2, 0) is 17.9 Å². The third kappa shape index (κ3) is 3.18. The molecular weight excluding hydrogens is 290 g/mol. The molecule has 0 aliphatic rings. The number of carbonyl (C=O) groups is 1. The van der Waals surface area contributed by atoms with Gasteiger partial charge in [-0.1, -0.05) is 36.4 Å². The summed E-state index contributed by atoms with van der Waals surface area (Å²) in [5.74, 6) is 0.692. The van der Waals surface area contributed by atoms with Gasteiger partial charge in [-0.25, -0.2) is 0 Å². The van der Waals surface area contributed by atoms with Gasteiger partial charge in [0, 0.05) is 17.5 Å². The number of amides is 1. The molecule has 1 N–H and O–H groups in total. The predicted octanol–water partition coefficient (Wildman–Crippen LogP) is 2.67. The maximum Gasteiger partial charge on any atom is 0.242 e. The van der Waals surface area contributed by atoms with Crippen LogP contribution >= 0.6 is 0 Å². The third-order valence-corrected chi connectivity index (χ3v) is 3.80.